The van der Waals surface area contributed by atoms with Crippen molar-refractivity contribution >= 4 is 62.2 Å². The van der Waals surface area contributed by atoms with Gasteiger partial charge in [0, 0.05) is 12.7 Å². The van der Waals surface area contributed by atoms with Gasteiger partial charge >= 0.3 is 37.7 Å². The summed E-state index contributed by atoms with van der Waals surface area (Å²) < 4.78 is 0. The van der Waals surface area contributed by atoms with Crippen LogP contribution in [0.5, 0.6) is 0 Å². The molecule has 1 unspecified atom stereocenters. The minimum Gasteiger partial charge on any atom is -0.548 e. The van der Waals surface area contributed by atoms with Gasteiger partial charge in [-0.2, -0.15) is 12.6 Å². The van der Waals surface area contributed by atoms with Crippen molar-refractivity contribution in [2.75, 3.05) is 5.75 Å². The van der Waals surface area contributed by atoms with Crippen LogP contribution in [0, 0.1) is 0 Å². The van der Waals surface area contributed by atoms with E-state index in [0.29, 0.717) is 0 Å². The van der Waals surface area contributed by atoms with E-state index in [1.54, 1.807) is 0 Å². The summed E-state index contributed by atoms with van der Waals surface area (Å²) in [5, 5.41) is 12.2. The molecule has 0 radical (unpaired) electrons. The summed E-state index contributed by atoms with van der Waals surface area (Å²) in [5.74, 6) is -1.67. The van der Waals surface area contributed by atoms with Crippen LogP contribution in [0.4, 0.5) is 0 Å². The van der Waals surface area contributed by atoms with Gasteiger partial charge in [-0.05, 0) is 0 Å². The maximum Gasteiger partial charge on any atom is 2.00 e. The van der Waals surface area contributed by atoms with Crippen LogP contribution < -0.4 is 10.4 Å². The van der Waals surface area contributed by atoms with Crippen LogP contribution in [0.25, 0.3) is 0 Å². The van der Waals surface area contributed by atoms with E-state index in [1.165, 1.54) is 6.92 Å². The third-order valence-electron chi connectivity index (χ3n) is 0.845. The molecule has 1 atom stereocenters. The number of carboxylic acid groups (broad SMARTS) is 1. The zero-order chi connectivity index (χ0) is 8.15. The third-order valence-corrected chi connectivity index (χ3v) is 1.21. The molecule has 0 saturated heterocycles. The van der Waals surface area contributed by atoms with E-state index in [4.69, 9.17) is 0 Å². The van der Waals surface area contributed by atoms with Crippen LogP contribution in [0.15, 0.2) is 0 Å². The Morgan fingerprint density at radius 2 is 2.09 bits per heavy atom. The largest absolute Gasteiger partial charge is 2.00 e. The van der Waals surface area contributed by atoms with Crippen molar-refractivity contribution in [1.82, 2.24) is 5.32 Å². The molecule has 0 spiro atoms. The van der Waals surface area contributed by atoms with Crippen molar-refractivity contribution < 1.29 is 14.7 Å². The zero-order valence-corrected chi connectivity index (χ0v) is 9.27. The maximum absolute atomic E-state index is 10.3. The Bertz CT molecular complexity index is 153. The second-order valence-electron chi connectivity index (χ2n) is 1.75. The molecule has 0 aliphatic rings. The SMILES string of the molecule is CC(=O)NC(CS)C(=O)[O-].[Ca+2]. The third kappa shape index (κ3) is 6.93. The number of thiol groups is 1. The van der Waals surface area contributed by atoms with E-state index in [2.05, 4.69) is 17.9 Å². The molecule has 58 valence electrons. The van der Waals surface area contributed by atoms with Crippen molar-refractivity contribution in [2.24, 2.45) is 0 Å². The van der Waals surface area contributed by atoms with Gasteiger partial charge in [0.2, 0.25) is 5.91 Å². The average Bonchev–Trinajstić information content (AvgIpc) is 1.81. The van der Waals surface area contributed by atoms with E-state index < -0.39 is 17.9 Å². The Morgan fingerprint density at radius 3 is 2.18 bits per heavy atom. The first-order chi connectivity index (χ1) is 4.57. The topological polar surface area (TPSA) is 69.2 Å². The van der Waals surface area contributed by atoms with Crippen LogP contribution in [-0.2, 0) is 9.59 Å². The van der Waals surface area contributed by atoms with Gasteiger partial charge in [-0.3, -0.25) is 4.79 Å². The summed E-state index contributed by atoms with van der Waals surface area (Å²) in [7, 11) is 0. The van der Waals surface area contributed by atoms with E-state index in [1.807, 2.05) is 0 Å². The van der Waals surface area contributed by atoms with E-state index in [-0.39, 0.29) is 43.5 Å². The Kier molecular flexibility index (Phi) is 9.24. The quantitative estimate of drug-likeness (QED) is 0.403. The normalized spacial score (nSPS) is 11.1. The summed E-state index contributed by atoms with van der Waals surface area (Å²) >= 11 is 3.69. The van der Waals surface area contributed by atoms with Crippen molar-refractivity contribution in [2.45, 2.75) is 13.0 Å². The average molecular weight is 202 g/mol. The van der Waals surface area contributed by atoms with Gasteiger partial charge in [0.05, 0.1) is 12.0 Å². The van der Waals surface area contributed by atoms with Crippen molar-refractivity contribution in [1.29, 1.82) is 0 Å². The van der Waals surface area contributed by atoms with E-state index in [0.717, 1.165) is 0 Å². The molecule has 0 saturated carbocycles. The maximum atomic E-state index is 10.3. The minimum absolute atomic E-state index is 0. The number of hydrogen-bond donors (Lipinski definition) is 2. The van der Waals surface area contributed by atoms with Crippen molar-refractivity contribution in [3.8, 4) is 0 Å². The fourth-order valence-electron chi connectivity index (χ4n) is 0.424. The number of hydrogen-bond acceptors (Lipinski definition) is 4. The van der Waals surface area contributed by atoms with Gasteiger partial charge in [0.15, 0.2) is 0 Å². The van der Waals surface area contributed by atoms with Gasteiger partial charge in [0.1, 0.15) is 0 Å². The van der Waals surface area contributed by atoms with Gasteiger partial charge in [-0.25, -0.2) is 0 Å². The predicted octanol–water partition coefficient (Wildman–Crippen LogP) is -2.21. The molecule has 0 rings (SSSR count). The minimum atomic E-state index is -1.31. The van der Waals surface area contributed by atoms with Gasteiger partial charge in [-0.1, -0.05) is 0 Å². The van der Waals surface area contributed by atoms with Gasteiger partial charge in [0.25, 0.3) is 0 Å². The van der Waals surface area contributed by atoms with E-state index in [9.17, 15) is 14.7 Å². The fourth-order valence-corrected chi connectivity index (χ4v) is 0.665. The number of nitrogens with one attached hydrogen (secondary N) is 1. The smallest absolute Gasteiger partial charge is 0.548 e. The summed E-state index contributed by atoms with van der Waals surface area (Å²) in [6.45, 7) is 1.24. The first-order valence-electron chi connectivity index (χ1n) is 2.66. The van der Waals surface area contributed by atoms with Crippen LogP contribution in [0.3, 0.4) is 0 Å². The molecular formula is C5H8CaNO3S+. The summed E-state index contributed by atoms with van der Waals surface area (Å²) in [6.07, 6.45) is 0. The number of aliphatic carboxylic acids is 1. The summed E-state index contributed by atoms with van der Waals surface area (Å²) in [5.41, 5.74) is 0. The Morgan fingerprint density at radius 1 is 1.64 bits per heavy atom. The fraction of sp³-hybridized carbons (Fsp3) is 0.600. The number of rotatable bonds is 3. The number of amides is 1. The molecule has 0 heterocycles. The Balaban J connectivity index is 0. The standard InChI is InChI=1S/C5H9NO3S.Ca/c1-3(7)6-4(2-10)5(8)9;/h4,10H,2H2,1H3,(H,6,7)(H,8,9);/q;+2/p-1. The summed E-state index contributed by atoms with van der Waals surface area (Å²) in [6, 6.07) is -0.985. The second kappa shape index (κ2) is 7.21. The Labute approximate surface area is 100 Å². The molecule has 1 amide bonds. The number of carbonyl (C=O) groups excluding carboxylic acids is 2. The molecule has 0 aromatic heterocycles. The number of carbonyl (C=O) groups is 2. The monoisotopic (exact) mass is 202 g/mol. The molecule has 6 heteroatoms. The van der Waals surface area contributed by atoms with Crippen molar-refractivity contribution in [3.63, 3.8) is 0 Å². The van der Waals surface area contributed by atoms with Crippen LogP contribution in [0.1, 0.15) is 6.92 Å². The molecule has 0 aliphatic carbocycles. The molecule has 1 N–H and O–H groups in total. The molecule has 11 heavy (non-hydrogen) atoms. The van der Waals surface area contributed by atoms with Gasteiger partial charge in [-0.15, -0.1) is 0 Å². The second-order valence-corrected chi connectivity index (χ2v) is 2.12. The molecule has 0 aromatic rings. The van der Waals surface area contributed by atoms with Crippen molar-refractivity contribution in [3.05, 3.63) is 0 Å². The molecule has 4 nitrogen and oxygen atoms in total. The predicted molar refractivity (Wildman–Crippen MR) is 42.2 cm³/mol. The molecule has 0 aliphatic heterocycles. The van der Waals surface area contributed by atoms with Crippen LogP contribution in [-0.4, -0.2) is 61.4 Å². The van der Waals surface area contributed by atoms with E-state index >= 15 is 0 Å². The number of carboxylic acids is 1. The molecule has 0 aromatic carbocycles. The first-order valence-corrected chi connectivity index (χ1v) is 3.30. The first kappa shape index (κ1) is 14.1. The zero-order valence-electron chi connectivity index (χ0n) is 6.16. The molecule has 0 bridgehead atoms. The van der Waals surface area contributed by atoms with Crippen LogP contribution in [0.2, 0.25) is 0 Å². The molecular weight excluding hydrogens is 194 g/mol. The Hall–Kier alpha value is 0.550. The van der Waals surface area contributed by atoms with Gasteiger partial charge < -0.3 is 15.2 Å². The summed E-state index contributed by atoms with van der Waals surface area (Å²) in [4.78, 5) is 20.4. The molecule has 0 fully saturated rings. The van der Waals surface area contributed by atoms with Crippen LogP contribution >= 0.6 is 12.6 Å².